The van der Waals surface area contributed by atoms with E-state index in [-0.39, 0.29) is 0 Å². The molecule has 0 aromatic heterocycles. The highest BCUT2D eigenvalue weighted by Crippen LogP contribution is 2.48. The predicted octanol–water partition coefficient (Wildman–Crippen LogP) is 6.50. The van der Waals surface area contributed by atoms with Gasteiger partial charge >= 0.3 is 5.79 Å². The molecule has 3 aromatic carbocycles. The second kappa shape index (κ2) is 9.19. The molecule has 2 aliphatic rings. The molecule has 2 heterocycles. The normalized spacial score (nSPS) is 23.3. The molecule has 35 heavy (non-hydrogen) atoms. The summed E-state index contributed by atoms with van der Waals surface area (Å²) in [5, 5.41) is 9.62. The van der Waals surface area contributed by atoms with E-state index in [2.05, 4.69) is 29.4 Å². The first-order chi connectivity index (χ1) is 16.9. The highest BCUT2D eigenvalue weighted by molar-refractivity contribution is 6.40. The van der Waals surface area contributed by atoms with Crippen molar-refractivity contribution in [3.8, 4) is 0 Å². The van der Waals surface area contributed by atoms with E-state index in [0.29, 0.717) is 27.2 Å². The number of hydrogen-bond acceptors (Lipinski definition) is 6. The molecule has 180 valence electrons. The number of halogens is 2. The van der Waals surface area contributed by atoms with Crippen molar-refractivity contribution in [1.29, 1.82) is 0 Å². The van der Waals surface area contributed by atoms with Gasteiger partial charge in [-0.05, 0) is 49.2 Å². The van der Waals surface area contributed by atoms with Crippen molar-refractivity contribution in [2.24, 2.45) is 16.2 Å². The molecule has 0 bridgehead atoms. The van der Waals surface area contributed by atoms with Crippen molar-refractivity contribution in [2.75, 3.05) is 7.11 Å². The van der Waals surface area contributed by atoms with Gasteiger partial charge in [0.05, 0.1) is 10.0 Å². The lowest BCUT2D eigenvalue weighted by atomic mass is 9.84. The molecule has 6 nitrogen and oxygen atoms in total. The Morgan fingerprint density at radius 3 is 2.14 bits per heavy atom. The molecule has 2 aliphatic heterocycles. The van der Waals surface area contributed by atoms with Crippen LogP contribution in [0.25, 0.3) is 0 Å². The maximum Gasteiger partial charge on any atom is 0.318 e. The van der Waals surface area contributed by atoms with Crippen molar-refractivity contribution in [1.82, 2.24) is 0 Å². The minimum atomic E-state index is -1.45. The van der Waals surface area contributed by atoms with Gasteiger partial charge in [-0.25, -0.2) is 0 Å². The monoisotopic (exact) mass is 510 g/mol. The third-order valence-electron chi connectivity index (χ3n) is 6.26. The minimum Gasteiger partial charge on any atom is -0.425 e. The fourth-order valence-corrected chi connectivity index (χ4v) is 5.41. The second-order valence-corrected chi connectivity index (χ2v) is 9.47. The van der Waals surface area contributed by atoms with E-state index in [1.165, 1.54) is 7.11 Å². The average molecular weight is 511 g/mol. The third-order valence-corrected chi connectivity index (χ3v) is 6.89. The number of benzene rings is 3. The molecule has 8 heteroatoms. The topological polar surface area (TPSA) is 61.6 Å². The van der Waals surface area contributed by atoms with Crippen LogP contribution in [0.4, 0.5) is 0 Å². The average Bonchev–Trinajstić information content (AvgIpc) is 3.44. The van der Waals surface area contributed by atoms with Crippen LogP contribution in [0.3, 0.4) is 0 Å². The Balaban J connectivity index is 1.67. The molecule has 0 radical (unpaired) electrons. The highest BCUT2D eigenvalue weighted by Gasteiger charge is 2.60. The second-order valence-electron chi connectivity index (χ2n) is 8.66. The van der Waals surface area contributed by atoms with Crippen molar-refractivity contribution >= 4 is 34.8 Å². The molecule has 0 spiro atoms. The highest BCUT2D eigenvalue weighted by atomic mass is 35.5. The molecule has 0 amide bonds. The summed E-state index contributed by atoms with van der Waals surface area (Å²) < 4.78 is 12.4. The maximum atomic E-state index is 6.67. The molecule has 3 atom stereocenters. The fourth-order valence-electron chi connectivity index (χ4n) is 4.82. The zero-order valence-corrected chi connectivity index (χ0v) is 21.2. The summed E-state index contributed by atoms with van der Waals surface area (Å²) in [7, 11) is 1.54. The summed E-state index contributed by atoms with van der Waals surface area (Å²) in [6.07, 6.45) is -0.840. The van der Waals surface area contributed by atoms with Crippen molar-refractivity contribution in [3.05, 3.63) is 104 Å². The Hall–Kier alpha value is -3.06. The van der Waals surface area contributed by atoms with Crippen LogP contribution in [0.2, 0.25) is 10.0 Å². The SMILES string of the molecule is CO[C@@H]1ON=C(c2c(Cl)cccc2Cl)[C@H]1C1(c2ccccc2)ON=C(c2c(C)cc(C)cc2C)O1. The summed E-state index contributed by atoms with van der Waals surface area (Å²) >= 11 is 13.1. The fraction of sp³-hybridized carbons (Fsp3) is 0.259. The first-order valence-electron chi connectivity index (χ1n) is 11.2. The molecule has 0 saturated heterocycles. The van der Waals surface area contributed by atoms with Gasteiger partial charge in [-0.2, -0.15) is 0 Å². The smallest absolute Gasteiger partial charge is 0.318 e. The van der Waals surface area contributed by atoms with Gasteiger partial charge in [-0.3, -0.25) is 0 Å². The van der Waals surface area contributed by atoms with E-state index >= 15 is 0 Å². The van der Waals surface area contributed by atoms with Crippen molar-refractivity contribution in [2.45, 2.75) is 32.8 Å². The lowest BCUT2D eigenvalue weighted by Gasteiger charge is -2.34. The number of oxime groups is 2. The van der Waals surface area contributed by atoms with E-state index in [1.807, 2.05) is 44.2 Å². The Kier molecular flexibility index (Phi) is 6.21. The van der Waals surface area contributed by atoms with Crippen molar-refractivity contribution in [3.63, 3.8) is 0 Å². The summed E-state index contributed by atoms with van der Waals surface area (Å²) in [6, 6.07) is 19.0. The first-order valence-corrected chi connectivity index (χ1v) is 11.9. The van der Waals surface area contributed by atoms with Gasteiger partial charge in [0, 0.05) is 23.8 Å². The van der Waals surface area contributed by atoms with Crippen LogP contribution in [-0.2, 0) is 24.9 Å². The summed E-state index contributed by atoms with van der Waals surface area (Å²) in [6.45, 7) is 6.11. The number of aryl methyl sites for hydroxylation is 3. The zero-order valence-electron chi connectivity index (χ0n) is 19.7. The lowest BCUT2D eigenvalue weighted by molar-refractivity contribution is -0.244. The Labute approximate surface area is 214 Å². The summed E-state index contributed by atoms with van der Waals surface area (Å²) in [5.41, 5.74) is 5.78. The van der Waals surface area contributed by atoms with E-state index in [1.54, 1.807) is 18.2 Å². The first kappa shape index (κ1) is 23.7. The van der Waals surface area contributed by atoms with Crippen LogP contribution >= 0.6 is 23.2 Å². The molecule has 0 aliphatic carbocycles. The number of methoxy groups -OCH3 is 1. The standard InChI is InChI=1S/C27H24Cl2N2O4/c1-15-13-16(2)21(17(3)14-15)25-31-35-27(33-25,18-9-6-5-7-10-18)23-24(30-34-26(23)32-4)22-19(28)11-8-12-20(22)29/h5-14,23,26H,1-4H3/t23-,26-,27?/m1/s1. The predicted molar refractivity (Wildman–Crippen MR) is 136 cm³/mol. The Bertz CT molecular complexity index is 1300. The van der Waals surface area contributed by atoms with Gasteiger partial charge in [-0.15, -0.1) is 0 Å². The zero-order chi connectivity index (χ0) is 24.7. The number of nitrogens with zero attached hydrogens (tertiary/aromatic N) is 2. The van der Waals surface area contributed by atoms with Crippen LogP contribution < -0.4 is 0 Å². The quantitative estimate of drug-likeness (QED) is 0.392. The van der Waals surface area contributed by atoms with Gasteiger partial charge in [0.1, 0.15) is 5.71 Å². The molecule has 5 rings (SSSR count). The summed E-state index contributed by atoms with van der Waals surface area (Å²) in [5.74, 6) is -1.78. The molecular weight excluding hydrogens is 487 g/mol. The molecule has 0 fully saturated rings. The van der Waals surface area contributed by atoms with E-state index < -0.39 is 18.0 Å². The number of ether oxygens (including phenoxy) is 2. The van der Waals surface area contributed by atoms with E-state index in [0.717, 1.165) is 27.8 Å². The third kappa shape index (κ3) is 3.96. The molecule has 3 aromatic rings. The van der Waals surface area contributed by atoms with E-state index in [9.17, 15) is 0 Å². The largest absolute Gasteiger partial charge is 0.425 e. The molecular formula is C27H24Cl2N2O4. The molecule has 0 saturated carbocycles. The van der Waals surface area contributed by atoms with Crippen molar-refractivity contribution < 1.29 is 19.1 Å². The summed E-state index contributed by atoms with van der Waals surface area (Å²) in [4.78, 5) is 11.9. The van der Waals surface area contributed by atoms with Gasteiger partial charge in [0.15, 0.2) is 5.92 Å². The molecule has 1 unspecified atom stereocenters. The number of rotatable bonds is 5. The number of hydrogen-bond donors (Lipinski definition) is 0. The van der Waals surface area contributed by atoms with Gasteiger partial charge < -0.3 is 19.1 Å². The lowest BCUT2D eigenvalue weighted by Crippen LogP contribution is -2.47. The van der Waals surface area contributed by atoms with Crippen LogP contribution in [0.5, 0.6) is 0 Å². The Morgan fingerprint density at radius 1 is 0.857 bits per heavy atom. The van der Waals surface area contributed by atoms with Crippen LogP contribution in [0, 0.1) is 26.7 Å². The molecule has 0 N–H and O–H groups in total. The van der Waals surface area contributed by atoms with Crippen LogP contribution in [0.1, 0.15) is 33.4 Å². The van der Waals surface area contributed by atoms with Gasteiger partial charge in [0.25, 0.3) is 5.90 Å². The minimum absolute atomic E-state index is 0.371. The van der Waals surface area contributed by atoms with E-state index in [4.69, 9.17) is 42.4 Å². The van der Waals surface area contributed by atoms with Crippen LogP contribution in [-0.4, -0.2) is 25.0 Å². The van der Waals surface area contributed by atoms with Gasteiger partial charge in [0.2, 0.25) is 6.29 Å². The maximum absolute atomic E-state index is 6.67. The Morgan fingerprint density at radius 2 is 1.51 bits per heavy atom. The van der Waals surface area contributed by atoms with Crippen LogP contribution in [0.15, 0.2) is 71.0 Å². The van der Waals surface area contributed by atoms with Gasteiger partial charge in [-0.1, -0.05) is 82.5 Å².